The minimum atomic E-state index is -1.47. The number of carboxylic acids is 1. The third-order valence-electron chi connectivity index (χ3n) is 6.31. The Bertz CT molecular complexity index is 1170. The first-order chi connectivity index (χ1) is 16.3. The number of fused-ring (bicyclic) bond motifs is 1. The zero-order valence-corrected chi connectivity index (χ0v) is 19.1. The summed E-state index contributed by atoms with van der Waals surface area (Å²) in [6, 6.07) is 15.7. The number of halogens is 2. The molecule has 6 nitrogen and oxygen atoms in total. The molecule has 3 aromatic rings. The quantitative estimate of drug-likeness (QED) is 0.391. The van der Waals surface area contributed by atoms with Crippen LogP contribution >= 0.6 is 0 Å². The third-order valence-corrected chi connectivity index (χ3v) is 6.31. The van der Waals surface area contributed by atoms with Gasteiger partial charge in [0.05, 0.1) is 23.2 Å². The van der Waals surface area contributed by atoms with Gasteiger partial charge in [0.1, 0.15) is 17.5 Å². The van der Waals surface area contributed by atoms with E-state index in [1.54, 1.807) is 6.20 Å². The molecule has 0 spiro atoms. The molecule has 0 saturated carbocycles. The highest BCUT2D eigenvalue weighted by molar-refractivity contribution is 5.80. The van der Waals surface area contributed by atoms with Gasteiger partial charge < -0.3 is 21.1 Å². The molecule has 1 aliphatic heterocycles. The Labute approximate surface area is 197 Å². The van der Waals surface area contributed by atoms with E-state index in [0.717, 1.165) is 23.1 Å². The monoisotopic (exact) mass is 466 g/mol. The van der Waals surface area contributed by atoms with Gasteiger partial charge >= 0.3 is 5.97 Å². The van der Waals surface area contributed by atoms with E-state index in [4.69, 9.17) is 0 Å². The lowest BCUT2D eigenvalue weighted by molar-refractivity contribution is -0.142. The molecular weight excluding hydrogens is 438 g/mol. The van der Waals surface area contributed by atoms with E-state index in [1.165, 1.54) is 19.9 Å². The molecule has 4 N–H and O–H groups in total. The minimum Gasteiger partial charge on any atom is -0.481 e. The molecule has 0 amide bonds. The highest BCUT2D eigenvalue weighted by Crippen LogP contribution is 2.30. The van der Waals surface area contributed by atoms with Gasteiger partial charge in [0.25, 0.3) is 0 Å². The number of nitrogens with one attached hydrogen (secondary N) is 3. The summed E-state index contributed by atoms with van der Waals surface area (Å²) in [6.45, 7) is 3.88. The van der Waals surface area contributed by atoms with E-state index in [2.05, 4.69) is 20.9 Å². The molecule has 2 atom stereocenters. The van der Waals surface area contributed by atoms with Crippen molar-refractivity contribution < 1.29 is 18.7 Å². The number of rotatable bonds is 8. The standard InChI is InChI=1S/C26H28F2N4O2/c1-26(2,25(33)34)18-13-17(19(27)14-20(18)28)10-12-29-23(16-7-4-3-5-8-16)22-15-31-21-9-6-11-30-24(21)32-22/h3-9,11,13-14,22-23,29,31H,10,12,15H2,1-2H3,(H,30,32)(H,33,34)/t22-,23-/m1/s1. The largest absolute Gasteiger partial charge is 0.481 e. The van der Waals surface area contributed by atoms with Crippen molar-refractivity contribution >= 4 is 17.5 Å². The second kappa shape index (κ2) is 9.77. The number of aromatic nitrogens is 1. The van der Waals surface area contributed by atoms with Crippen LogP contribution in [0.25, 0.3) is 0 Å². The SMILES string of the molecule is CC(C)(C(=O)O)c1cc(CCN[C@H](c2ccccc2)[C@H]2CNc3cccnc3N2)c(F)cc1F. The maximum absolute atomic E-state index is 14.5. The number of pyridine rings is 1. The van der Waals surface area contributed by atoms with Crippen molar-refractivity contribution in [1.82, 2.24) is 10.3 Å². The molecule has 178 valence electrons. The zero-order chi connectivity index (χ0) is 24.3. The van der Waals surface area contributed by atoms with Crippen molar-refractivity contribution in [1.29, 1.82) is 0 Å². The van der Waals surface area contributed by atoms with Crippen LogP contribution < -0.4 is 16.0 Å². The Morgan fingerprint density at radius 3 is 2.68 bits per heavy atom. The Balaban J connectivity index is 1.53. The summed E-state index contributed by atoms with van der Waals surface area (Å²) in [5.41, 5.74) is 0.773. The van der Waals surface area contributed by atoms with Gasteiger partial charge in [-0.1, -0.05) is 30.3 Å². The highest BCUT2D eigenvalue weighted by Gasteiger charge is 2.33. The van der Waals surface area contributed by atoms with Crippen LogP contribution in [-0.4, -0.2) is 35.2 Å². The molecule has 2 heterocycles. The lowest BCUT2D eigenvalue weighted by atomic mass is 9.83. The van der Waals surface area contributed by atoms with Gasteiger partial charge in [-0.2, -0.15) is 0 Å². The zero-order valence-electron chi connectivity index (χ0n) is 19.1. The van der Waals surface area contributed by atoms with Crippen molar-refractivity contribution in [3.63, 3.8) is 0 Å². The Morgan fingerprint density at radius 2 is 1.94 bits per heavy atom. The molecular formula is C26H28F2N4O2. The molecule has 1 aliphatic rings. The summed E-state index contributed by atoms with van der Waals surface area (Å²) in [7, 11) is 0. The van der Waals surface area contributed by atoms with Gasteiger partial charge in [0, 0.05) is 24.4 Å². The molecule has 4 rings (SSSR count). The smallest absolute Gasteiger partial charge is 0.313 e. The molecule has 0 radical (unpaired) electrons. The average molecular weight is 467 g/mol. The molecule has 0 aliphatic carbocycles. The van der Waals surface area contributed by atoms with E-state index >= 15 is 0 Å². The van der Waals surface area contributed by atoms with E-state index in [9.17, 15) is 18.7 Å². The molecule has 1 aromatic heterocycles. The van der Waals surface area contributed by atoms with Crippen LogP contribution in [0, 0.1) is 11.6 Å². The average Bonchev–Trinajstić information content (AvgIpc) is 2.83. The fourth-order valence-electron chi connectivity index (χ4n) is 4.21. The lowest BCUT2D eigenvalue weighted by Gasteiger charge is -2.34. The van der Waals surface area contributed by atoms with E-state index in [-0.39, 0.29) is 29.6 Å². The molecule has 0 bridgehead atoms. The molecule has 0 saturated heterocycles. The maximum Gasteiger partial charge on any atom is 0.313 e. The van der Waals surface area contributed by atoms with Gasteiger partial charge in [0.15, 0.2) is 0 Å². The first-order valence-corrected chi connectivity index (χ1v) is 11.2. The summed E-state index contributed by atoms with van der Waals surface area (Å²) in [4.78, 5) is 16.0. The first-order valence-electron chi connectivity index (χ1n) is 11.2. The number of anilines is 2. The number of nitrogens with zero attached hydrogens (tertiary/aromatic N) is 1. The van der Waals surface area contributed by atoms with Crippen LogP contribution in [0.4, 0.5) is 20.3 Å². The van der Waals surface area contributed by atoms with Crippen molar-refractivity contribution in [2.24, 2.45) is 0 Å². The number of hydrogen-bond donors (Lipinski definition) is 4. The summed E-state index contributed by atoms with van der Waals surface area (Å²) < 4.78 is 28.9. The number of benzene rings is 2. The fourth-order valence-corrected chi connectivity index (χ4v) is 4.21. The maximum atomic E-state index is 14.5. The van der Waals surface area contributed by atoms with Crippen LogP contribution in [0.5, 0.6) is 0 Å². The normalized spacial score (nSPS) is 16.2. The predicted molar refractivity (Wildman–Crippen MR) is 128 cm³/mol. The second-order valence-corrected chi connectivity index (χ2v) is 8.98. The van der Waals surface area contributed by atoms with Crippen LogP contribution in [-0.2, 0) is 16.6 Å². The van der Waals surface area contributed by atoms with Crippen molar-refractivity contribution in [3.8, 4) is 0 Å². The molecule has 0 unspecified atom stereocenters. The Morgan fingerprint density at radius 1 is 1.18 bits per heavy atom. The fraction of sp³-hybridized carbons (Fsp3) is 0.308. The van der Waals surface area contributed by atoms with E-state index in [0.29, 0.717) is 13.1 Å². The highest BCUT2D eigenvalue weighted by atomic mass is 19.1. The summed E-state index contributed by atoms with van der Waals surface area (Å²) in [6.07, 6.45) is 2.00. The summed E-state index contributed by atoms with van der Waals surface area (Å²) >= 11 is 0. The molecule has 34 heavy (non-hydrogen) atoms. The summed E-state index contributed by atoms with van der Waals surface area (Å²) in [5.74, 6) is -1.94. The van der Waals surface area contributed by atoms with Crippen LogP contribution in [0.1, 0.15) is 36.6 Å². The third kappa shape index (κ3) is 4.87. The number of aliphatic carboxylic acids is 1. The summed E-state index contributed by atoms with van der Waals surface area (Å²) in [5, 5.41) is 19.9. The second-order valence-electron chi connectivity index (χ2n) is 8.98. The van der Waals surface area contributed by atoms with E-state index < -0.39 is 23.0 Å². The van der Waals surface area contributed by atoms with Crippen molar-refractivity contribution in [2.75, 3.05) is 23.7 Å². The first kappa shape index (κ1) is 23.6. The van der Waals surface area contributed by atoms with Gasteiger partial charge in [-0.25, -0.2) is 13.8 Å². The van der Waals surface area contributed by atoms with Gasteiger partial charge in [-0.15, -0.1) is 0 Å². The molecule has 2 aromatic carbocycles. The lowest BCUT2D eigenvalue weighted by Crippen LogP contribution is -2.44. The Kier molecular flexibility index (Phi) is 6.79. The number of carboxylic acid groups (broad SMARTS) is 1. The van der Waals surface area contributed by atoms with Crippen LogP contribution in [0.2, 0.25) is 0 Å². The van der Waals surface area contributed by atoms with Crippen LogP contribution in [0.15, 0.2) is 60.8 Å². The molecule has 8 heteroatoms. The number of carbonyl (C=O) groups is 1. The van der Waals surface area contributed by atoms with Gasteiger partial charge in [0.2, 0.25) is 0 Å². The minimum absolute atomic E-state index is 0.0237. The van der Waals surface area contributed by atoms with Crippen molar-refractivity contribution in [3.05, 3.63) is 89.1 Å². The van der Waals surface area contributed by atoms with E-state index in [1.807, 2.05) is 42.5 Å². The topological polar surface area (TPSA) is 86.3 Å². The van der Waals surface area contributed by atoms with Crippen molar-refractivity contribution in [2.45, 2.75) is 37.8 Å². The predicted octanol–water partition coefficient (Wildman–Crippen LogP) is 4.50. The van der Waals surface area contributed by atoms with Gasteiger partial charge in [-0.3, -0.25) is 4.79 Å². The van der Waals surface area contributed by atoms with Crippen LogP contribution in [0.3, 0.4) is 0 Å². The van der Waals surface area contributed by atoms with Gasteiger partial charge in [-0.05, 0) is 56.1 Å². The Hall–Kier alpha value is -3.52. The number of hydrogen-bond acceptors (Lipinski definition) is 5. The molecule has 0 fully saturated rings.